The van der Waals surface area contributed by atoms with Crippen molar-refractivity contribution < 1.29 is 9.90 Å². The van der Waals surface area contributed by atoms with Crippen LogP contribution in [0.4, 0.5) is 0 Å². The van der Waals surface area contributed by atoms with Gasteiger partial charge in [0.25, 0.3) is 0 Å². The highest BCUT2D eigenvalue weighted by atomic mass is 32.2. The molecule has 0 saturated heterocycles. The number of aryl methyl sites for hydroxylation is 1. The maximum atomic E-state index is 10.1. The number of aliphatic carboxylic acids is 1. The molecule has 4 heteroatoms. The normalized spacial score (nSPS) is 9.85. The van der Waals surface area contributed by atoms with E-state index in [1.54, 1.807) is 12.4 Å². The molecular weight excluding hydrogens is 186 g/mol. The Kier molecular flexibility index (Phi) is 4.32. The lowest BCUT2D eigenvalue weighted by molar-refractivity contribution is -0.301. The van der Waals surface area contributed by atoms with Crippen LogP contribution in [0.2, 0.25) is 0 Å². The van der Waals surface area contributed by atoms with Gasteiger partial charge < -0.3 is 9.90 Å². The summed E-state index contributed by atoms with van der Waals surface area (Å²) in [6, 6.07) is 3.86. The second kappa shape index (κ2) is 5.59. The van der Waals surface area contributed by atoms with Gasteiger partial charge in [0.15, 0.2) is 0 Å². The first-order valence-electron chi connectivity index (χ1n) is 3.95. The van der Waals surface area contributed by atoms with Gasteiger partial charge in [-0.3, -0.25) is 4.98 Å². The second-order valence-corrected chi connectivity index (χ2v) is 3.64. The maximum Gasteiger partial charge on any atom is 0.0513 e. The number of thioether (sulfide) groups is 1. The third kappa shape index (κ3) is 4.52. The van der Waals surface area contributed by atoms with Gasteiger partial charge in [-0.25, -0.2) is 0 Å². The minimum Gasteiger partial charge on any atom is -0.549 e. The van der Waals surface area contributed by atoms with Crippen molar-refractivity contribution >= 4 is 17.7 Å². The van der Waals surface area contributed by atoms with E-state index in [0.29, 0.717) is 0 Å². The van der Waals surface area contributed by atoms with Crippen molar-refractivity contribution in [2.24, 2.45) is 0 Å². The topological polar surface area (TPSA) is 53.0 Å². The van der Waals surface area contributed by atoms with Gasteiger partial charge in [-0.2, -0.15) is 11.8 Å². The van der Waals surface area contributed by atoms with Crippen molar-refractivity contribution in [2.45, 2.75) is 6.42 Å². The van der Waals surface area contributed by atoms with Crippen molar-refractivity contribution in [1.82, 2.24) is 4.98 Å². The maximum absolute atomic E-state index is 10.1. The van der Waals surface area contributed by atoms with Gasteiger partial charge in [-0.15, -0.1) is 0 Å². The first-order chi connectivity index (χ1) is 6.29. The molecule has 0 amide bonds. The average Bonchev–Trinajstić information content (AvgIpc) is 2.14. The van der Waals surface area contributed by atoms with E-state index in [1.807, 2.05) is 12.1 Å². The molecule has 0 aliphatic heterocycles. The molecule has 0 N–H and O–H groups in total. The average molecular weight is 196 g/mol. The molecule has 0 atom stereocenters. The first-order valence-corrected chi connectivity index (χ1v) is 5.11. The molecule has 0 aliphatic rings. The number of carbonyl (C=O) groups is 1. The minimum atomic E-state index is -1.00. The number of aromatic nitrogens is 1. The van der Waals surface area contributed by atoms with Gasteiger partial charge in [0, 0.05) is 18.1 Å². The second-order valence-electron chi connectivity index (χ2n) is 2.53. The third-order valence-electron chi connectivity index (χ3n) is 1.50. The van der Waals surface area contributed by atoms with E-state index in [1.165, 1.54) is 17.3 Å². The molecule has 3 nitrogen and oxygen atoms in total. The van der Waals surface area contributed by atoms with Crippen LogP contribution in [-0.4, -0.2) is 22.5 Å². The van der Waals surface area contributed by atoms with E-state index >= 15 is 0 Å². The molecule has 0 fully saturated rings. The molecule has 1 heterocycles. The van der Waals surface area contributed by atoms with Crippen LogP contribution in [-0.2, 0) is 11.2 Å². The highest BCUT2D eigenvalue weighted by Gasteiger charge is 1.92. The molecule has 1 aromatic rings. The molecule has 0 unspecified atom stereocenters. The number of hydrogen-bond acceptors (Lipinski definition) is 4. The number of hydrogen-bond donors (Lipinski definition) is 0. The summed E-state index contributed by atoms with van der Waals surface area (Å²) in [5.41, 5.74) is 1.18. The van der Waals surface area contributed by atoms with Crippen molar-refractivity contribution in [3.63, 3.8) is 0 Å². The standard InChI is InChI=1S/C9H11NO2S/c11-9(12)7-13-6-3-8-1-4-10-5-2-8/h1-2,4-5H,3,6-7H2,(H,11,12)/p-1. The minimum absolute atomic E-state index is 0.0745. The smallest absolute Gasteiger partial charge is 0.0513 e. The van der Waals surface area contributed by atoms with Gasteiger partial charge >= 0.3 is 0 Å². The van der Waals surface area contributed by atoms with E-state index < -0.39 is 5.97 Å². The Morgan fingerprint density at radius 2 is 2.15 bits per heavy atom. The van der Waals surface area contributed by atoms with Crippen LogP contribution in [0.3, 0.4) is 0 Å². The summed E-state index contributed by atoms with van der Waals surface area (Å²) >= 11 is 1.37. The SMILES string of the molecule is O=C([O-])CSCCc1ccncc1. The molecule has 70 valence electrons. The Morgan fingerprint density at radius 1 is 1.46 bits per heavy atom. The zero-order valence-electron chi connectivity index (χ0n) is 7.10. The quantitative estimate of drug-likeness (QED) is 0.627. The van der Waals surface area contributed by atoms with Crippen LogP contribution in [0, 0.1) is 0 Å². The Balaban J connectivity index is 2.17. The summed E-state index contributed by atoms with van der Waals surface area (Å²) < 4.78 is 0. The van der Waals surface area contributed by atoms with E-state index in [-0.39, 0.29) is 5.75 Å². The van der Waals surface area contributed by atoms with Crippen LogP contribution in [0.15, 0.2) is 24.5 Å². The fraction of sp³-hybridized carbons (Fsp3) is 0.333. The van der Waals surface area contributed by atoms with E-state index in [0.717, 1.165) is 12.2 Å². The van der Waals surface area contributed by atoms with Crippen LogP contribution < -0.4 is 5.11 Å². The summed E-state index contributed by atoms with van der Waals surface area (Å²) in [5, 5.41) is 10.1. The summed E-state index contributed by atoms with van der Waals surface area (Å²) in [7, 11) is 0. The molecule has 0 bridgehead atoms. The van der Waals surface area contributed by atoms with Gasteiger partial charge in [0.1, 0.15) is 0 Å². The lowest BCUT2D eigenvalue weighted by Crippen LogP contribution is -2.24. The fourth-order valence-electron chi connectivity index (χ4n) is 0.895. The monoisotopic (exact) mass is 196 g/mol. The number of carboxylic acids is 1. The molecule has 1 rings (SSSR count). The van der Waals surface area contributed by atoms with Gasteiger partial charge in [-0.1, -0.05) is 0 Å². The van der Waals surface area contributed by atoms with Crippen molar-refractivity contribution in [3.8, 4) is 0 Å². The molecule has 13 heavy (non-hydrogen) atoms. The lowest BCUT2D eigenvalue weighted by atomic mass is 10.2. The van der Waals surface area contributed by atoms with Crippen LogP contribution in [0.5, 0.6) is 0 Å². The number of carboxylic acid groups (broad SMARTS) is 1. The van der Waals surface area contributed by atoms with Gasteiger partial charge in [0.2, 0.25) is 0 Å². The number of carbonyl (C=O) groups excluding carboxylic acids is 1. The predicted molar refractivity (Wildman–Crippen MR) is 50.3 cm³/mol. The van der Waals surface area contributed by atoms with Crippen molar-refractivity contribution in [2.75, 3.05) is 11.5 Å². The molecule has 1 aromatic heterocycles. The summed E-state index contributed by atoms with van der Waals surface area (Å²) in [6.45, 7) is 0. The van der Waals surface area contributed by atoms with E-state index in [2.05, 4.69) is 4.98 Å². The Bertz CT molecular complexity index is 264. The van der Waals surface area contributed by atoms with Gasteiger partial charge in [0.05, 0.1) is 5.97 Å². The zero-order chi connectivity index (χ0) is 9.52. The summed E-state index contributed by atoms with van der Waals surface area (Å²) in [5.74, 6) is -0.122. The highest BCUT2D eigenvalue weighted by Crippen LogP contribution is 2.04. The number of pyridine rings is 1. The highest BCUT2D eigenvalue weighted by molar-refractivity contribution is 7.99. The first kappa shape index (κ1) is 10.1. The molecule has 0 saturated carbocycles. The van der Waals surface area contributed by atoms with Crippen LogP contribution in [0.1, 0.15) is 5.56 Å². The zero-order valence-corrected chi connectivity index (χ0v) is 7.92. The predicted octanol–water partition coefficient (Wildman–Crippen LogP) is 0.107. The molecule has 0 aromatic carbocycles. The largest absolute Gasteiger partial charge is 0.549 e. The number of nitrogens with zero attached hydrogens (tertiary/aromatic N) is 1. The van der Waals surface area contributed by atoms with Crippen molar-refractivity contribution in [1.29, 1.82) is 0 Å². The Hall–Kier alpha value is -1.03. The van der Waals surface area contributed by atoms with E-state index in [4.69, 9.17) is 0 Å². The summed E-state index contributed by atoms with van der Waals surface area (Å²) in [6.07, 6.45) is 4.35. The van der Waals surface area contributed by atoms with Crippen molar-refractivity contribution in [3.05, 3.63) is 30.1 Å². The van der Waals surface area contributed by atoms with Crippen LogP contribution >= 0.6 is 11.8 Å². The fourth-order valence-corrected chi connectivity index (χ4v) is 1.59. The van der Waals surface area contributed by atoms with E-state index in [9.17, 15) is 9.90 Å². The van der Waals surface area contributed by atoms with Crippen LogP contribution in [0.25, 0.3) is 0 Å². The van der Waals surface area contributed by atoms with Gasteiger partial charge in [-0.05, 0) is 29.9 Å². The lowest BCUT2D eigenvalue weighted by Gasteiger charge is -2.01. The third-order valence-corrected chi connectivity index (χ3v) is 2.44. The molecule has 0 spiro atoms. The molecular formula is C9H10NO2S-. The Morgan fingerprint density at radius 3 is 2.77 bits per heavy atom. The summed E-state index contributed by atoms with van der Waals surface area (Å²) in [4.78, 5) is 14.0. The molecule has 0 radical (unpaired) electrons. The molecule has 0 aliphatic carbocycles. The number of rotatable bonds is 5. The Labute approximate surface area is 81.2 Å².